The minimum atomic E-state index is -0.107. The normalized spacial score (nSPS) is 11.1. The fraction of sp³-hybridized carbons (Fsp3) is 0.500. The van der Waals surface area contributed by atoms with Gasteiger partial charge in [-0.3, -0.25) is 4.79 Å². The van der Waals surface area contributed by atoms with Crippen molar-refractivity contribution in [1.82, 2.24) is 0 Å². The first-order valence-electron chi connectivity index (χ1n) is 4.06. The highest BCUT2D eigenvalue weighted by molar-refractivity contribution is 5.87. The molecule has 0 aromatic heterocycles. The molecule has 0 aliphatic rings. The Morgan fingerprint density at radius 2 is 1.92 bits per heavy atom. The van der Waals surface area contributed by atoms with Gasteiger partial charge in [-0.2, -0.15) is 0 Å². The van der Waals surface area contributed by atoms with Crippen LogP contribution in [0.2, 0.25) is 0 Å². The zero-order valence-corrected chi connectivity index (χ0v) is 7.92. The highest BCUT2D eigenvalue weighted by Gasteiger charge is 1.93. The predicted octanol–water partition coefficient (Wildman–Crippen LogP) is 2.76. The first-order chi connectivity index (χ1) is 5.52. The molecule has 0 saturated heterocycles. The van der Waals surface area contributed by atoms with Crippen LogP contribution in [0.3, 0.4) is 0 Å². The molecular weight excluding hydrogens is 152 g/mol. The average molecular weight is 168 g/mol. The van der Waals surface area contributed by atoms with Crippen LogP contribution in [0.15, 0.2) is 23.5 Å². The minimum Gasteiger partial charge on any atom is -0.512 e. The van der Waals surface area contributed by atoms with E-state index < -0.39 is 0 Å². The Kier molecular flexibility index (Phi) is 5.09. The van der Waals surface area contributed by atoms with Gasteiger partial charge in [-0.25, -0.2) is 0 Å². The standard InChI is InChI=1S/C10H16O2/c1-8(2)5-4-6-10(12)7-9(3)11/h5,7,12H,4,6H2,1-3H3. The number of carbonyl (C=O) groups excluding carboxylic acids is 1. The molecule has 0 fully saturated rings. The number of allylic oxidation sites excluding steroid dienone is 4. The third-order valence-corrected chi connectivity index (χ3v) is 1.32. The summed E-state index contributed by atoms with van der Waals surface area (Å²) in [7, 11) is 0. The molecule has 0 aromatic carbocycles. The Bertz CT molecular complexity index is 208. The maximum atomic E-state index is 10.5. The topological polar surface area (TPSA) is 37.3 Å². The molecule has 0 spiro atoms. The van der Waals surface area contributed by atoms with E-state index in [1.165, 1.54) is 18.6 Å². The van der Waals surface area contributed by atoms with E-state index in [1.807, 2.05) is 19.9 Å². The number of hydrogen-bond acceptors (Lipinski definition) is 2. The second-order valence-electron chi connectivity index (χ2n) is 3.07. The molecule has 2 nitrogen and oxygen atoms in total. The van der Waals surface area contributed by atoms with E-state index >= 15 is 0 Å². The summed E-state index contributed by atoms with van der Waals surface area (Å²) >= 11 is 0. The molecule has 12 heavy (non-hydrogen) atoms. The number of aliphatic hydroxyl groups is 1. The van der Waals surface area contributed by atoms with Crippen LogP contribution in [0.5, 0.6) is 0 Å². The summed E-state index contributed by atoms with van der Waals surface area (Å²) in [5, 5.41) is 9.14. The van der Waals surface area contributed by atoms with E-state index in [9.17, 15) is 4.79 Å². The summed E-state index contributed by atoms with van der Waals surface area (Å²) in [6, 6.07) is 0. The van der Waals surface area contributed by atoms with Gasteiger partial charge in [0.2, 0.25) is 0 Å². The van der Waals surface area contributed by atoms with Crippen LogP contribution in [0.4, 0.5) is 0 Å². The van der Waals surface area contributed by atoms with E-state index in [-0.39, 0.29) is 11.5 Å². The van der Waals surface area contributed by atoms with Gasteiger partial charge in [0.25, 0.3) is 0 Å². The van der Waals surface area contributed by atoms with Crippen molar-refractivity contribution < 1.29 is 9.90 Å². The van der Waals surface area contributed by atoms with E-state index in [1.54, 1.807) is 0 Å². The van der Waals surface area contributed by atoms with Crippen molar-refractivity contribution in [2.24, 2.45) is 0 Å². The number of hydrogen-bond donors (Lipinski definition) is 1. The smallest absolute Gasteiger partial charge is 0.155 e. The molecule has 0 aliphatic heterocycles. The number of carbonyl (C=O) groups is 1. The van der Waals surface area contributed by atoms with E-state index in [0.717, 1.165) is 6.42 Å². The Morgan fingerprint density at radius 1 is 1.33 bits per heavy atom. The van der Waals surface area contributed by atoms with Crippen molar-refractivity contribution in [3.8, 4) is 0 Å². The second-order valence-corrected chi connectivity index (χ2v) is 3.07. The lowest BCUT2D eigenvalue weighted by atomic mass is 10.2. The average Bonchev–Trinajstić information content (AvgIpc) is 1.84. The zero-order valence-electron chi connectivity index (χ0n) is 7.92. The summed E-state index contributed by atoms with van der Waals surface area (Å²) in [5.41, 5.74) is 1.23. The van der Waals surface area contributed by atoms with Gasteiger partial charge >= 0.3 is 0 Å². The molecule has 1 N–H and O–H groups in total. The van der Waals surface area contributed by atoms with Crippen molar-refractivity contribution in [1.29, 1.82) is 0 Å². The fourth-order valence-electron chi connectivity index (χ4n) is 0.816. The third kappa shape index (κ3) is 7.06. The highest BCUT2D eigenvalue weighted by atomic mass is 16.3. The van der Waals surface area contributed by atoms with Crippen molar-refractivity contribution >= 4 is 5.78 Å². The van der Waals surface area contributed by atoms with E-state index in [4.69, 9.17) is 5.11 Å². The van der Waals surface area contributed by atoms with Crippen molar-refractivity contribution in [3.05, 3.63) is 23.5 Å². The Balaban J connectivity index is 3.79. The molecule has 0 amide bonds. The largest absolute Gasteiger partial charge is 0.512 e. The van der Waals surface area contributed by atoms with E-state index in [0.29, 0.717) is 6.42 Å². The van der Waals surface area contributed by atoms with Crippen LogP contribution in [0.1, 0.15) is 33.6 Å². The van der Waals surface area contributed by atoms with Gasteiger partial charge < -0.3 is 5.11 Å². The Hall–Kier alpha value is -1.05. The molecule has 0 saturated carbocycles. The van der Waals surface area contributed by atoms with Crippen LogP contribution in [0, 0.1) is 0 Å². The summed E-state index contributed by atoms with van der Waals surface area (Å²) in [6.45, 7) is 5.44. The minimum absolute atomic E-state index is 0.107. The maximum absolute atomic E-state index is 10.5. The molecule has 0 rings (SSSR count). The second kappa shape index (κ2) is 5.58. The molecular formula is C10H16O2. The molecule has 68 valence electrons. The van der Waals surface area contributed by atoms with Gasteiger partial charge in [0.1, 0.15) is 0 Å². The Labute approximate surface area is 73.6 Å². The zero-order chi connectivity index (χ0) is 9.56. The summed E-state index contributed by atoms with van der Waals surface area (Å²) in [6.07, 6.45) is 4.63. The van der Waals surface area contributed by atoms with Crippen molar-refractivity contribution in [2.75, 3.05) is 0 Å². The van der Waals surface area contributed by atoms with Crippen LogP contribution >= 0.6 is 0 Å². The van der Waals surface area contributed by atoms with E-state index in [2.05, 4.69) is 0 Å². The molecule has 0 aliphatic carbocycles. The van der Waals surface area contributed by atoms with Gasteiger partial charge in [0.15, 0.2) is 5.78 Å². The van der Waals surface area contributed by atoms with Crippen LogP contribution in [0.25, 0.3) is 0 Å². The van der Waals surface area contributed by atoms with Gasteiger partial charge in [-0.15, -0.1) is 0 Å². The van der Waals surface area contributed by atoms with Crippen LogP contribution < -0.4 is 0 Å². The van der Waals surface area contributed by atoms with Crippen molar-refractivity contribution in [3.63, 3.8) is 0 Å². The van der Waals surface area contributed by atoms with Gasteiger partial charge in [-0.05, 0) is 27.2 Å². The predicted molar refractivity (Wildman–Crippen MR) is 50.1 cm³/mol. The number of aliphatic hydroxyl groups excluding tert-OH is 1. The SMILES string of the molecule is CC(=O)C=C(O)CCC=C(C)C. The lowest BCUT2D eigenvalue weighted by molar-refractivity contribution is -0.112. The van der Waals surface area contributed by atoms with Gasteiger partial charge in [-0.1, -0.05) is 11.6 Å². The monoisotopic (exact) mass is 168 g/mol. The molecule has 0 radical (unpaired) electrons. The molecule has 0 unspecified atom stereocenters. The maximum Gasteiger partial charge on any atom is 0.155 e. The lowest BCUT2D eigenvalue weighted by Gasteiger charge is -1.95. The summed E-state index contributed by atoms with van der Waals surface area (Å²) in [4.78, 5) is 10.5. The first-order valence-corrected chi connectivity index (χ1v) is 4.06. The van der Waals surface area contributed by atoms with Crippen LogP contribution in [-0.4, -0.2) is 10.9 Å². The van der Waals surface area contributed by atoms with Crippen LogP contribution in [-0.2, 0) is 4.79 Å². The van der Waals surface area contributed by atoms with Gasteiger partial charge in [0.05, 0.1) is 5.76 Å². The van der Waals surface area contributed by atoms with Crippen molar-refractivity contribution in [2.45, 2.75) is 33.6 Å². The first kappa shape index (κ1) is 11.0. The third-order valence-electron chi connectivity index (χ3n) is 1.32. The molecule has 0 aromatic rings. The Morgan fingerprint density at radius 3 is 2.33 bits per heavy atom. The quantitative estimate of drug-likeness (QED) is 0.398. The molecule has 0 heterocycles. The lowest BCUT2D eigenvalue weighted by Crippen LogP contribution is -1.87. The highest BCUT2D eigenvalue weighted by Crippen LogP contribution is 2.03. The summed E-state index contributed by atoms with van der Waals surface area (Å²) < 4.78 is 0. The fourth-order valence-corrected chi connectivity index (χ4v) is 0.816. The number of ketones is 1. The van der Waals surface area contributed by atoms with Gasteiger partial charge in [0, 0.05) is 12.5 Å². The summed E-state index contributed by atoms with van der Waals surface area (Å²) in [5.74, 6) is 0.0599. The molecule has 0 atom stereocenters. The molecule has 2 heteroatoms. The number of rotatable bonds is 4. The molecule has 0 bridgehead atoms.